The number of hydrogen-bond donors (Lipinski definition) is 1. The van der Waals surface area contributed by atoms with Crippen molar-refractivity contribution in [3.8, 4) is 0 Å². The van der Waals surface area contributed by atoms with Gasteiger partial charge in [-0.1, -0.05) is 12.5 Å². The topological polar surface area (TPSA) is 58.4 Å². The fourth-order valence-electron chi connectivity index (χ4n) is 2.06. The molecule has 1 N–H and O–H groups in total. The fourth-order valence-corrected chi connectivity index (χ4v) is 2.06. The molecular formula is C12H17N3O2. The summed E-state index contributed by atoms with van der Waals surface area (Å²) in [6, 6.07) is 5.27. The first-order chi connectivity index (χ1) is 8.16. The first-order valence-electron chi connectivity index (χ1n) is 5.93. The molecule has 1 aliphatic rings. The van der Waals surface area contributed by atoms with Crippen LogP contribution in [0.4, 0.5) is 11.4 Å². The molecule has 2 rings (SSSR count). The number of nitrogens with one attached hydrogen (secondary N) is 1. The Morgan fingerprint density at radius 3 is 2.65 bits per heavy atom. The van der Waals surface area contributed by atoms with Gasteiger partial charge < -0.3 is 5.43 Å². The van der Waals surface area contributed by atoms with Crippen molar-refractivity contribution in [2.45, 2.75) is 26.2 Å². The van der Waals surface area contributed by atoms with Crippen molar-refractivity contribution >= 4 is 11.4 Å². The Bertz CT molecular complexity index is 414. The zero-order valence-electron chi connectivity index (χ0n) is 9.98. The van der Waals surface area contributed by atoms with E-state index in [1.807, 2.05) is 6.07 Å². The molecule has 0 amide bonds. The number of nitro groups is 1. The maximum Gasteiger partial charge on any atom is 0.274 e. The third kappa shape index (κ3) is 2.94. The molecule has 1 saturated heterocycles. The monoisotopic (exact) mass is 235 g/mol. The van der Waals surface area contributed by atoms with Gasteiger partial charge in [-0.3, -0.25) is 10.1 Å². The van der Waals surface area contributed by atoms with Crippen molar-refractivity contribution in [1.29, 1.82) is 0 Å². The third-order valence-electron chi connectivity index (χ3n) is 3.05. The Balaban J connectivity index is 2.10. The van der Waals surface area contributed by atoms with E-state index >= 15 is 0 Å². The molecule has 5 heteroatoms. The number of nitro benzene ring substituents is 1. The van der Waals surface area contributed by atoms with E-state index in [0.717, 1.165) is 18.8 Å². The molecule has 0 atom stereocenters. The molecule has 0 unspecified atom stereocenters. The molecule has 0 saturated carbocycles. The molecule has 0 spiro atoms. The summed E-state index contributed by atoms with van der Waals surface area (Å²) in [7, 11) is 0. The van der Waals surface area contributed by atoms with Gasteiger partial charge >= 0.3 is 0 Å². The SMILES string of the molecule is Cc1ccc(NN2CCCCC2)cc1[N+](=O)[O-]. The largest absolute Gasteiger partial charge is 0.319 e. The van der Waals surface area contributed by atoms with Crippen LogP contribution < -0.4 is 5.43 Å². The minimum atomic E-state index is -0.337. The van der Waals surface area contributed by atoms with Crippen LogP contribution in [-0.2, 0) is 0 Å². The van der Waals surface area contributed by atoms with Crippen molar-refractivity contribution in [2.24, 2.45) is 0 Å². The van der Waals surface area contributed by atoms with E-state index in [-0.39, 0.29) is 10.6 Å². The van der Waals surface area contributed by atoms with Crippen LogP contribution in [0.5, 0.6) is 0 Å². The second-order valence-electron chi connectivity index (χ2n) is 4.42. The first kappa shape index (κ1) is 11.9. The predicted molar refractivity (Wildman–Crippen MR) is 66.9 cm³/mol. The summed E-state index contributed by atoms with van der Waals surface area (Å²) in [6.07, 6.45) is 3.63. The van der Waals surface area contributed by atoms with Crippen LogP contribution >= 0.6 is 0 Å². The second-order valence-corrected chi connectivity index (χ2v) is 4.42. The van der Waals surface area contributed by atoms with Crippen LogP contribution in [0.15, 0.2) is 18.2 Å². The van der Waals surface area contributed by atoms with Gasteiger partial charge in [0.15, 0.2) is 0 Å². The lowest BCUT2D eigenvalue weighted by Crippen LogP contribution is -2.34. The summed E-state index contributed by atoms with van der Waals surface area (Å²) in [5.41, 5.74) is 4.89. The smallest absolute Gasteiger partial charge is 0.274 e. The molecule has 17 heavy (non-hydrogen) atoms. The highest BCUT2D eigenvalue weighted by atomic mass is 16.6. The van der Waals surface area contributed by atoms with Crippen molar-refractivity contribution in [2.75, 3.05) is 18.5 Å². The lowest BCUT2D eigenvalue weighted by Gasteiger charge is -2.27. The molecule has 92 valence electrons. The molecule has 1 aromatic rings. The van der Waals surface area contributed by atoms with Crippen molar-refractivity contribution in [1.82, 2.24) is 5.01 Å². The van der Waals surface area contributed by atoms with Crippen LogP contribution in [0.3, 0.4) is 0 Å². The number of rotatable bonds is 3. The molecule has 5 nitrogen and oxygen atoms in total. The summed E-state index contributed by atoms with van der Waals surface area (Å²) in [4.78, 5) is 10.5. The molecule has 1 fully saturated rings. The fraction of sp³-hybridized carbons (Fsp3) is 0.500. The second kappa shape index (κ2) is 5.14. The van der Waals surface area contributed by atoms with Gasteiger partial charge in [0, 0.05) is 24.7 Å². The molecule has 0 bridgehead atoms. The van der Waals surface area contributed by atoms with Crippen LogP contribution in [0.25, 0.3) is 0 Å². The van der Waals surface area contributed by atoms with Crippen LogP contribution in [0.2, 0.25) is 0 Å². The maximum atomic E-state index is 10.8. The summed E-state index contributed by atoms with van der Waals surface area (Å²) in [6.45, 7) is 3.76. The van der Waals surface area contributed by atoms with E-state index in [1.165, 1.54) is 19.3 Å². The van der Waals surface area contributed by atoms with E-state index in [1.54, 1.807) is 19.1 Å². The van der Waals surface area contributed by atoms with Gasteiger partial charge in [0.05, 0.1) is 10.6 Å². The average molecular weight is 235 g/mol. The zero-order valence-corrected chi connectivity index (χ0v) is 9.98. The Kier molecular flexibility index (Phi) is 3.58. The van der Waals surface area contributed by atoms with E-state index in [9.17, 15) is 10.1 Å². The van der Waals surface area contributed by atoms with Crippen LogP contribution in [0, 0.1) is 17.0 Å². The quantitative estimate of drug-likeness (QED) is 0.646. The minimum Gasteiger partial charge on any atom is -0.319 e. The average Bonchev–Trinajstić information content (AvgIpc) is 2.32. The molecule has 0 radical (unpaired) electrons. The zero-order chi connectivity index (χ0) is 12.3. The summed E-state index contributed by atoms with van der Waals surface area (Å²) >= 11 is 0. The van der Waals surface area contributed by atoms with E-state index in [4.69, 9.17) is 0 Å². The number of benzene rings is 1. The Hall–Kier alpha value is -1.62. The molecule has 1 aromatic carbocycles. The lowest BCUT2D eigenvalue weighted by atomic mass is 10.1. The molecule has 0 aromatic heterocycles. The maximum absolute atomic E-state index is 10.8. The Morgan fingerprint density at radius 1 is 1.29 bits per heavy atom. The van der Waals surface area contributed by atoms with Crippen molar-refractivity contribution < 1.29 is 4.92 Å². The van der Waals surface area contributed by atoms with Crippen molar-refractivity contribution in [3.63, 3.8) is 0 Å². The standard InChI is InChI=1S/C12H17N3O2/c1-10-5-6-11(9-12(10)15(16)17)13-14-7-3-2-4-8-14/h5-6,9,13H,2-4,7-8H2,1H3. The molecule has 1 heterocycles. The van der Waals surface area contributed by atoms with E-state index in [0.29, 0.717) is 5.56 Å². The number of piperidine rings is 1. The lowest BCUT2D eigenvalue weighted by molar-refractivity contribution is -0.385. The Morgan fingerprint density at radius 2 is 2.00 bits per heavy atom. The summed E-state index contributed by atoms with van der Waals surface area (Å²) < 4.78 is 0. The summed E-state index contributed by atoms with van der Waals surface area (Å²) in [5, 5.41) is 13.0. The van der Waals surface area contributed by atoms with Gasteiger partial charge in [0.1, 0.15) is 0 Å². The normalized spacial score (nSPS) is 16.8. The van der Waals surface area contributed by atoms with E-state index in [2.05, 4.69) is 10.4 Å². The first-order valence-corrected chi connectivity index (χ1v) is 5.93. The van der Waals surface area contributed by atoms with Gasteiger partial charge in [-0.2, -0.15) is 0 Å². The molecule has 1 aliphatic heterocycles. The number of hydrazine groups is 1. The highest BCUT2D eigenvalue weighted by molar-refractivity contribution is 5.54. The van der Waals surface area contributed by atoms with Gasteiger partial charge in [0.2, 0.25) is 0 Å². The van der Waals surface area contributed by atoms with Gasteiger partial charge in [-0.25, -0.2) is 5.01 Å². The van der Waals surface area contributed by atoms with Gasteiger partial charge in [-0.05, 0) is 25.8 Å². The highest BCUT2D eigenvalue weighted by Crippen LogP contribution is 2.23. The Labute approximate surface area is 101 Å². The number of aryl methyl sites for hydroxylation is 1. The number of anilines is 1. The predicted octanol–water partition coefficient (Wildman–Crippen LogP) is 2.72. The minimum absolute atomic E-state index is 0.173. The van der Waals surface area contributed by atoms with Crippen LogP contribution in [-0.4, -0.2) is 23.0 Å². The molecular weight excluding hydrogens is 218 g/mol. The van der Waals surface area contributed by atoms with Gasteiger partial charge in [0.25, 0.3) is 5.69 Å². The summed E-state index contributed by atoms with van der Waals surface area (Å²) in [5.74, 6) is 0. The number of nitrogens with zero attached hydrogens (tertiary/aromatic N) is 2. The van der Waals surface area contributed by atoms with Gasteiger partial charge in [-0.15, -0.1) is 0 Å². The van der Waals surface area contributed by atoms with Crippen molar-refractivity contribution in [3.05, 3.63) is 33.9 Å². The van der Waals surface area contributed by atoms with E-state index < -0.39 is 0 Å². The highest BCUT2D eigenvalue weighted by Gasteiger charge is 2.13. The molecule has 0 aliphatic carbocycles. The third-order valence-corrected chi connectivity index (χ3v) is 3.05. The number of hydrogen-bond acceptors (Lipinski definition) is 4. The van der Waals surface area contributed by atoms with Crippen LogP contribution in [0.1, 0.15) is 24.8 Å².